The lowest BCUT2D eigenvalue weighted by atomic mass is 10.2. The predicted molar refractivity (Wildman–Crippen MR) is 111 cm³/mol. The molecule has 0 aliphatic rings. The fraction of sp³-hybridized carbons (Fsp3) is 0.100. The number of rotatable bonds is 6. The Hall–Kier alpha value is -1.56. The SMILES string of the molecule is Fc1ccccc1COc1c(Br)cc(CNc2ccc(Cl)cc2)cc1Br. The zero-order valence-electron chi connectivity index (χ0n) is 13.6. The van der Waals surface area contributed by atoms with Crippen molar-refractivity contribution in [1.82, 2.24) is 0 Å². The molecule has 0 spiro atoms. The van der Waals surface area contributed by atoms with Crippen LogP contribution in [0.25, 0.3) is 0 Å². The van der Waals surface area contributed by atoms with Crippen molar-refractivity contribution in [2.75, 3.05) is 5.32 Å². The molecule has 0 fully saturated rings. The van der Waals surface area contributed by atoms with E-state index in [1.165, 1.54) is 6.07 Å². The quantitative estimate of drug-likeness (QED) is 0.387. The summed E-state index contributed by atoms with van der Waals surface area (Å²) in [5.41, 5.74) is 2.57. The van der Waals surface area contributed by atoms with Crippen LogP contribution < -0.4 is 10.1 Å². The van der Waals surface area contributed by atoms with E-state index in [4.69, 9.17) is 16.3 Å². The van der Waals surface area contributed by atoms with Gasteiger partial charge in [0, 0.05) is 22.8 Å². The zero-order valence-corrected chi connectivity index (χ0v) is 17.5. The van der Waals surface area contributed by atoms with Gasteiger partial charge in [-0.1, -0.05) is 29.8 Å². The van der Waals surface area contributed by atoms with Gasteiger partial charge in [-0.2, -0.15) is 0 Å². The second-order valence-electron chi connectivity index (χ2n) is 5.63. The van der Waals surface area contributed by atoms with Crippen LogP contribution in [-0.2, 0) is 13.2 Å². The van der Waals surface area contributed by atoms with Crippen LogP contribution in [0.15, 0.2) is 69.6 Å². The molecule has 0 atom stereocenters. The fourth-order valence-electron chi connectivity index (χ4n) is 2.39. The lowest BCUT2D eigenvalue weighted by Gasteiger charge is -2.13. The van der Waals surface area contributed by atoms with Gasteiger partial charge in [0.1, 0.15) is 18.2 Å². The molecular formula is C20H15Br2ClFNO. The second kappa shape index (κ2) is 8.89. The topological polar surface area (TPSA) is 21.3 Å². The predicted octanol–water partition coefficient (Wildman–Crippen LogP) is 7.20. The molecule has 3 rings (SSSR count). The number of halogens is 4. The standard InChI is InChI=1S/C20H15Br2ClFNO/c21-17-9-13(11-25-16-7-5-15(23)6-8-16)10-18(22)20(17)26-12-14-3-1-2-4-19(14)24/h1-10,25H,11-12H2. The molecular weight excluding hydrogens is 484 g/mol. The Labute approximate surface area is 173 Å². The molecule has 0 aliphatic carbocycles. The highest BCUT2D eigenvalue weighted by atomic mass is 79.9. The molecule has 0 radical (unpaired) electrons. The molecule has 3 aromatic carbocycles. The Kier molecular flexibility index (Phi) is 6.57. The van der Waals surface area contributed by atoms with Crippen LogP contribution in [0.1, 0.15) is 11.1 Å². The summed E-state index contributed by atoms with van der Waals surface area (Å²) < 4.78 is 21.1. The van der Waals surface area contributed by atoms with E-state index < -0.39 is 0 Å². The molecule has 26 heavy (non-hydrogen) atoms. The summed E-state index contributed by atoms with van der Waals surface area (Å²) in [7, 11) is 0. The van der Waals surface area contributed by atoms with E-state index in [9.17, 15) is 4.39 Å². The molecule has 2 nitrogen and oxygen atoms in total. The number of anilines is 1. The van der Waals surface area contributed by atoms with Gasteiger partial charge in [-0.05, 0) is 79.9 Å². The van der Waals surface area contributed by atoms with E-state index in [1.54, 1.807) is 18.2 Å². The third kappa shape index (κ3) is 5.00. The largest absolute Gasteiger partial charge is 0.486 e. The Bertz CT molecular complexity index is 880. The van der Waals surface area contributed by atoms with Gasteiger partial charge in [-0.25, -0.2) is 4.39 Å². The van der Waals surface area contributed by atoms with Crippen molar-refractivity contribution in [2.24, 2.45) is 0 Å². The Morgan fingerprint density at radius 2 is 1.62 bits per heavy atom. The van der Waals surface area contributed by atoms with Gasteiger partial charge in [0.2, 0.25) is 0 Å². The van der Waals surface area contributed by atoms with Crippen LogP contribution in [0.4, 0.5) is 10.1 Å². The van der Waals surface area contributed by atoms with Gasteiger partial charge in [0.05, 0.1) is 8.95 Å². The van der Waals surface area contributed by atoms with E-state index in [-0.39, 0.29) is 12.4 Å². The first-order valence-electron chi connectivity index (χ1n) is 7.86. The first kappa shape index (κ1) is 19.2. The number of hydrogen-bond acceptors (Lipinski definition) is 2. The molecule has 0 unspecified atom stereocenters. The molecule has 0 aromatic heterocycles. The first-order chi connectivity index (χ1) is 12.5. The summed E-state index contributed by atoms with van der Waals surface area (Å²) in [6, 6.07) is 18.1. The Balaban J connectivity index is 1.67. The van der Waals surface area contributed by atoms with Crippen LogP contribution in [0.5, 0.6) is 5.75 Å². The van der Waals surface area contributed by atoms with Crippen LogP contribution in [0, 0.1) is 5.82 Å². The highest BCUT2D eigenvalue weighted by Gasteiger charge is 2.11. The summed E-state index contributed by atoms with van der Waals surface area (Å²) in [5, 5.41) is 4.04. The van der Waals surface area contributed by atoms with E-state index in [2.05, 4.69) is 37.2 Å². The van der Waals surface area contributed by atoms with Gasteiger partial charge in [-0.15, -0.1) is 0 Å². The molecule has 1 N–H and O–H groups in total. The molecule has 0 saturated heterocycles. The highest BCUT2D eigenvalue weighted by Crippen LogP contribution is 2.35. The maximum Gasteiger partial charge on any atom is 0.148 e. The minimum absolute atomic E-state index is 0.159. The van der Waals surface area contributed by atoms with Crippen LogP contribution >= 0.6 is 43.5 Å². The Morgan fingerprint density at radius 1 is 0.962 bits per heavy atom. The lowest BCUT2D eigenvalue weighted by Crippen LogP contribution is -2.02. The molecule has 0 bridgehead atoms. The molecule has 0 heterocycles. The molecule has 3 aromatic rings. The average molecular weight is 500 g/mol. The smallest absolute Gasteiger partial charge is 0.148 e. The van der Waals surface area contributed by atoms with Gasteiger partial charge in [-0.3, -0.25) is 0 Å². The fourth-order valence-corrected chi connectivity index (χ4v) is 4.03. The van der Waals surface area contributed by atoms with Crippen molar-refractivity contribution in [2.45, 2.75) is 13.2 Å². The molecule has 0 aliphatic heterocycles. The van der Waals surface area contributed by atoms with E-state index in [0.29, 0.717) is 22.9 Å². The van der Waals surface area contributed by atoms with Crippen molar-refractivity contribution < 1.29 is 9.13 Å². The van der Waals surface area contributed by atoms with Crippen LogP contribution in [0.3, 0.4) is 0 Å². The van der Waals surface area contributed by atoms with Gasteiger partial charge in [0.25, 0.3) is 0 Å². The maximum atomic E-state index is 13.7. The monoisotopic (exact) mass is 497 g/mol. The number of ether oxygens (including phenoxy) is 1. The Morgan fingerprint density at radius 3 is 2.27 bits per heavy atom. The number of benzene rings is 3. The molecule has 6 heteroatoms. The number of hydrogen-bond donors (Lipinski definition) is 1. The molecule has 0 saturated carbocycles. The first-order valence-corrected chi connectivity index (χ1v) is 9.83. The summed E-state index contributed by atoms with van der Waals surface area (Å²) in [4.78, 5) is 0. The summed E-state index contributed by atoms with van der Waals surface area (Å²) in [6.45, 7) is 0.804. The lowest BCUT2D eigenvalue weighted by molar-refractivity contribution is 0.296. The van der Waals surface area contributed by atoms with Crippen molar-refractivity contribution in [1.29, 1.82) is 0 Å². The van der Waals surface area contributed by atoms with Crippen molar-refractivity contribution in [3.8, 4) is 5.75 Å². The molecule has 134 valence electrons. The van der Waals surface area contributed by atoms with Crippen molar-refractivity contribution in [3.63, 3.8) is 0 Å². The third-order valence-corrected chi connectivity index (χ3v) is 5.16. The van der Waals surface area contributed by atoms with Crippen molar-refractivity contribution >= 4 is 49.1 Å². The zero-order chi connectivity index (χ0) is 18.5. The van der Waals surface area contributed by atoms with Gasteiger partial charge in [0.15, 0.2) is 0 Å². The average Bonchev–Trinajstić information content (AvgIpc) is 2.62. The van der Waals surface area contributed by atoms with Crippen LogP contribution in [-0.4, -0.2) is 0 Å². The summed E-state index contributed by atoms with van der Waals surface area (Å²) >= 11 is 13.0. The normalized spacial score (nSPS) is 10.6. The minimum atomic E-state index is -0.275. The number of nitrogens with one attached hydrogen (secondary N) is 1. The van der Waals surface area contributed by atoms with Crippen LogP contribution in [0.2, 0.25) is 5.02 Å². The third-order valence-electron chi connectivity index (χ3n) is 3.73. The minimum Gasteiger partial charge on any atom is -0.486 e. The van der Waals surface area contributed by atoms with Crippen molar-refractivity contribution in [3.05, 3.63) is 91.6 Å². The van der Waals surface area contributed by atoms with Gasteiger partial charge < -0.3 is 10.1 Å². The molecule has 0 amide bonds. The maximum absolute atomic E-state index is 13.7. The van der Waals surface area contributed by atoms with E-state index in [0.717, 1.165) is 20.2 Å². The van der Waals surface area contributed by atoms with E-state index in [1.807, 2.05) is 36.4 Å². The summed E-state index contributed by atoms with van der Waals surface area (Å²) in [5.74, 6) is 0.368. The highest BCUT2D eigenvalue weighted by molar-refractivity contribution is 9.11. The second-order valence-corrected chi connectivity index (χ2v) is 7.77. The van der Waals surface area contributed by atoms with Gasteiger partial charge >= 0.3 is 0 Å². The summed E-state index contributed by atoms with van der Waals surface area (Å²) in [6.07, 6.45) is 0. The van der Waals surface area contributed by atoms with E-state index >= 15 is 0 Å².